The van der Waals surface area contributed by atoms with E-state index in [2.05, 4.69) is 175 Å². The average molecular weight is 1210 g/mol. The molecule has 0 amide bonds. The molecule has 4 nitrogen and oxygen atoms in total. The second-order valence-corrected chi connectivity index (χ2v) is 24.3. The largest absolute Gasteiger partial charge is 3.00 e. The quantitative estimate of drug-likeness (QED) is 0.114. The Balaban J connectivity index is 0.000000179. The van der Waals surface area contributed by atoms with Gasteiger partial charge in [0.15, 0.2) is 0 Å². The van der Waals surface area contributed by atoms with Gasteiger partial charge in [0.25, 0.3) is 0 Å². The van der Waals surface area contributed by atoms with Crippen molar-refractivity contribution in [2.75, 3.05) is 0 Å². The predicted octanol–water partition coefficient (Wildman–Crippen LogP) is 19.4. The molecule has 5 heteroatoms. The monoisotopic (exact) mass is 1210 g/mol. The molecule has 0 bridgehead atoms. The van der Waals surface area contributed by atoms with Crippen LogP contribution in [0, 0.1) is 49.8 Å². The Kier molecular flexibility index (Phi) is 17.1. The van der Waals surface area contributed by atoms with Crippen molar-refractivity contribution in [1.29, 1.82) is 0 Å². The number of nitrogens with zero attached hydrogens (tertiary/aromatic N) is 3. The number of hydrogen-bond donors (Lipinski definition) is 0. The minimum absolute atomic E-state index is 0. The molecule has 12 rings (SSSR count). The molecule has 0 radical (unpaired) electrons. The van der Waals surface area contributed by atoms with Gasteiger partial charge in [0.05, 0.1) is 5.58 Å². The van der Waals surface area contributed by atoms with Crippen molar-refractivity contribution in [3.05, 3.63) is 232 Å². The van der Waals surface area contributed by atoms with Crippen molar-refractivity contribution in [3.63, 3.8) is 0 Å². The minimum Gasteiger partial charge on any atom is -0.501 e. The molecule has 6 aromatic carbocycles. The van der Waals surface area contributed by atoms with Gasteiger partial charge >= 0.3 is 20.1 Å². The molecule has 2 fully saturated rings. The van der Waals surface area contributed by atoms with Crippen LogP contribution >= 0.6 is 0 Å². The van der Waals surface area contributed by atoms with Crippen LogP contribution in [0.15, 0.2) is 169 Å². The first-order valence-electron chi connectivity index (χ1n) is 28.7. The second-order valence-electron chi connectivity index (χ2n) is 24.3. The summed E-state index contributed by atoms with van der Waals surface area (Å²) in [5.41, 5.74) is 23.4. The number of para-hydroxylation sites is 1. The maximum absolute atomic E-state index is 6.26. The van der Waals surface area contributed by atoms with Gasteiger partial charge in [-0.15, -0.1) is 89.0 Å². The summed E-state index contributed by atoms with van der Waals surface area (Å²) >= 11 is 0. The molecule has 0 unspecified atom stereocenters. The molecule has 0 spiro atoms. The Morgan fingerprint density at radius 1 is 0.494 bits per heavy atom. The standard InChI is InChI=1S/C41H42N2.C33H32NO.Ir/c1-30-7-16-36(17-8-30)40-20-15-32(29-43-40)10-12-34-26-33(27-38(28-34)35-21-23-41(2,3)24-22-35)11-9-31-13-18-37(19-14-31)39-6-4-5-25-42-39;1-21-18-24(23-14-16-33(3,4)17-15-23)12-13-25(21)29-19-30(34-20-22(29)2)28-10-7-9-27-26-8-5-6-11-31(26)35-32(27)28;/h4-8,13-16,18,20,25-29,35H,9-12,21-24H2,1-3H3;5-9,11-13,18-20,23H,14-17H2,1-4H3;/q-2;-1;+3. The van der Waals surface area contributed by atoms with Crippen LogP contribution in [0.2, 0.25) is 0 Å². The van der Waals surface area contributed by atoms with Crippen LogP contribution in [0.25, 0.3) is 66.8 Å². The van der Waals surface area contributed by atoms with E-state index in [0.29, 0.717) is 22.7 Å². The minimum atomic E-state index is 0. The number of rotatable bonds is 12. The Morgan fingerprint density at radius 3 is 1.77 bits per heavy atom. The van der Waals surface area contributed by atoms with E-state index in [0.717, 1.165) is 81.4 Å². The SMILES string of the molecule is Cc1c[c-]c(-c2ccc(CCc3cc(CCc4c[c-]c(-c5ccccn5)cc4)cc(C4CCC(C)(C)CC4)c3)cn2)cc1.Cc1cc(C2CCC(C)(C)CC2)ccc1-c1cc(-c2[c-]ccc3c2oc2ccccc23)ncc1C.[Ir+3]. The number of aromatic nitrogens is 3. The molecule has 79 heavy (non-hydrogen) atoms. The van der Waals surface area contributed by atoms with Gasteiger partial charge in [0.1, 0.15) is 5.58 Å². The summed E-state index contributed by atoms with van der Waals surface area (Å²) in [6, 6.07) is 62.4. The number of aryl methyl sites for hydroxylation is 7. The zero-order valence-corrected chi connectivity index (χ0v) is 49.7. The number of hydrogen-bond acceptors (Lipinski definition) is 4. The zero-order valence-electron chi connectivity index (χ0n) is 47.3. The van der Waals surface area contributed by atoms with Crippen molar-refractivity contribution < 1.29 is 24.5 Å². The van der Waals surface area contributed by atoms with E-state index in [-0.39, 0.29) is 20.1 Å². The second kappa shape index (κ2) is 24.3. The normalized spacial score (nSPS) is 15.3. The number of benzene rings is 6. The third kappa shape index (κ3) is 13.3. The third-order valence-electron chi connectivity index (χ3n) is 17.2. The van der Waals surface area contributed by atoms with E-state index in [1.165, 1.54) is 107 Å². The van der Waals surface area contributed by atoms with Gasteiger partial charge in [-0.1, -0.05) is 137 Å². The van der Waals surface area contributed by atoms with E-state index >= 15 is 0 Å². The van der Waals surface area contributed by atoms with Crippen LogP contribution in [-0.4, -0.2) is 15.0 Å². The first-order chi connectivity index (χ1) is 37.8. The molecule has 2 saturated carbocycles. The predicted molar refractivity (Wildman–Crippen MR) is 324 cm³/mol. The Bertz CT molecular complexity index is 3650. The topological polar surface area (TPSA) is 51.8 Å². The fourth-order valence-electron chi connectivity index (χ4n) is 12.1. The van der Waals surface area contributed by atoms with E-state index in [1.807, 2.05) is 61.1 Å². The molecule has 4 heterocycles. The molecule has 400 valence electrons. The van der Waals surface area contributed by atoms with Gasteiger partial charge in [0, 0.05) is 24.0 Å². The fourth-order valence-corrected chi connectivity index (χ4v) is 12.1. The molecule has 4 aromatic heterocycles. The van der Waals surface area contributed by atoms with Crippen LogP contribution in [0.1, 0.15) is 141 Å². The number of furan rings is 1. The van der Waals surface area contributed by atoms with Crippen LogP contribution in [0.5, 0.6) is 0 Å². The van der Waals surface area contributed by atoms with Crippen molar-refractivity contribution in [3.8, 4) is 44.9 Å². The third-order valence-corrected chi connectivity index (χ3v) is 17.2. The van der Waals surface area contributed by atoms with Gasteiger partial charge < -0.3 is 19.4 Å². The summed E-state index contributed by atoms with van der Waals surface area (Å²) < 4.78 is 6.26. The van der Waals surface area contributed by atoms with Crippen LogP contribution in [-0.2, 0) is 45.8 Å². The molecule has 2 aliphatic rings. The van der Waals surface area contributed by atoms with Crippen molar-refractivity contribution >= 4 is 21.9 Å². The van der Waals surface area contributed by atoms with E-state index in [4.69, 9.17) is 14.4 Å². The smallest absolute Gasteiger partial charge is 0.501 e. The Labute approximate surface area is 484 Å². The maximum atomic E-state index is 6.26. The maximum Gasteiger partial charge on any atom is 3.00 e. The van der Waals surface area contributed by atoms with Gasteiger partial charge in [-0.2, -0.15) is 0 Å². The average Bonchev–Trinajstić information content (AvgIpc) is 3.95. The summed E-state index contributed by atoms with van der Waals surface area (Å²) in [6.45, 7) is 16.2. The van der Waals surface area contributed by atoms with Crippen molar-refractivity contribution in [1.82, 2.24) is 15.0 Å². The summed E-state index contributed by atoms with van der Waals surface area (Å²) in [5, 5.41) is 2.23. The molecular formula is C74H74IrN3O. The van der Waals surface area contributed by atoms with E-state index in [9.17, 15) is 0 Å². The molecule has 0 atom stereocenters. The van der Waals surface area contributed by atoms with E-state index in [1.54, 1.807) is 5.56 Å². The molecule has 0 aliphatic heterocycles. The van der Waals surface area contributed by atoms with Gasteiger partial charge in [-0.3, -0.25) is 0 Å². The summed E-state index contributed by atoms with van der Waals surface area (Å²) in [7, 11) is 0. The van der Waals surface area contributed by atoms with Crippen molar-refractivity contribution in [2.45, 2.75) is 137 Å². The molecule has 10 aromatic rings. The summed E-state index contributed by atoms with van der Waals surface area (Å²) in [4.78, 5) is 14.0. The van der Waals surface area contributed by atoms with E-state index < -0.39 is 0 Å². The fraction of sp³-hybridized carbons (Fsp3) is 0.311. The van der Waals surface area contributed by atoms with Crippen LogP contribution in [0.4, 0.5) is 0 Å². The summed E-state index contributed by atoms with van der Waals surface area (Å²) in [5.74, 6) is 1.36. The van der Waals surface area contributed by atoms with Crippen molar-refractivity contribution in [2.24, 2.45) is 10.8 Å². The summed E-state index contributed by atoms with van der Waals surface area (Å²) in [6.07, 6.45) is 20.4. The molecule has 0 saturated heterocycles. The molecule has 2 aliphatic carbocycles. The number of fused-ring (bicyclic) bond motifs is 3. The van der Waals surface area contributed by atoms with Gasteiger partial charge in [0.2, 0.25) is 0 Å². The number of pyridine rings is 3. The first-order valence-corrected chi connectivity index (χ1v) is 28.7. The van der Waals surface area contributed by atoms with Gasteiger partial charge in [-0.25, -0.2) is 0 Å². The van der Waals surface area contributed by atoms with Crippen LogP contribution < -0.4 is 0 Å². The Morgan fingerprint density at radius 2 is 1.13 bits per heavy atom. The molecular weight excluding hydrogens is 1140 g/mol. The van der Waals surface area contributed by atoms with Gasteiger partial charge in [-0.05, 0) is 186 Å². The Hall–Kier alpha value is -6.78. The molecule has 0 N–H and O–H groups in total. The van der Waals surface area contributed by atoms with Crippen LogP contribution in [0.3, 0.4) is 0 Å². The first kappa shape index (κ1) is 55.5. The zero-order chi connectivity index (χ0) is 53.8.